The molecule has 3 aliphatic rings. The van der Waals surface area contributed by atoms with Gasteiger partial charge in [-0.25, -0.2) is 0 Å². The number of rotatable bonds is 5. The van der Waals surface area contributed by atoms with Crippen LogP contribution in [0, 0.1) is 12.8 Å². The molecule has 4 rings (SSSR count). The zero-order valence-corrected chi connectivity index (χ0v) is 15.3. The maximum atomic E-state index is 12.2. The monoisotopic (exact) mass is 343 g/mol. The van der Waals surface area contributed by atoms with Gasteiger partial charge in [-0.3, -0.25) is 14.6 Å². The van der Waals surface area contributed by atoms with Crippen molar-refractivity contribution in [3.8, 4) is 0 Å². The van der Waals surface area contributed by atoms with E-state index in [9.17, 15) is 4.79 Å². The lowest BCUT2D eigenvalue weighted by Crippen LogP contribution is -2.72. The van der Waals surface area contributed by atoms with Gasteiger partial charge in [0.05, 0.1) is 6.61 Å². The van der Waals surface area contributed by atoms with Crippen molar-refractivity contribution in [2.45, 2.75) is 38.0 Å². The summed E-state index contributed by atoms with van der Waals surface area (Å²) < 4.78 is 6.21. The second-order valence-electron chi connectivity index (χ2n) is 8.13. The van der Waals surface area contributed by atoms with Gasteiger partial charge in [-0.2, -0.15) is 0 Å². The van der Waals surface area contributed by atoms with Crippen molar-refractivity contribution in [3.05, 3.63) is 35.4 Å². The third-order valence-corrected chi connectivity index (χ3v) is 5.77. The second-order valence-corrected chi connectivity index (χ2v) is 8.13. The quantitative estimate of drug-likeness (QED) is 0.878. The van der Waals surface area contributed by atoms with Crippen molar-refractivity contribution in [1.29, 1.82) is 0 Å². The number of aryl methyl sites for hydroxylation is 1. The Bertz CT molecular complexity index is 620. The molecule has 1 spiro atoms. The molecule has 1 aromatic carbocycles. The first-order valence-corrected chi connectivity index (χ1v) is 9.44. The molecule has 2 heterocycles. The predicted molar refractivity (Wildman–Crippen MR) is 97.3 cm³/mol. The summed E-state index contributed by atoms with van der Waals surface area (Å²) in [6.07, 6.45) is 2.62. The van der Waals surface area contributed by atoms with Crippen LogP contribution in [0.15, 0.2) is 24.3 Å². The molecule has 136 valence electrons. The molecular weight excluding hydrogens is 314 g/mol. The van der Waals surface area contributed by atoms with E-state index in [1.165, 1.54) is 24.0 Å². The van der Waals surface area contributed by atoms with Crippen LogP contribution in [0.4, 0.5) is 0 Å². The smallest absolute Gasteiger partial charge is 0.239 e. The normalized spacial score (nSPS) is 26.4. The van der Waals surface area contributed by atoms with E-state index in [4.69, 9.17) is 4.74 Å². The highest BCUT2D eigenvalue weighted by Gasteiger charge is 2.50. The molecule has 0 radical (unpaired) electrons. The van der Waals surface area contributed by atoms with Crippen LogP contribution in [0.3, 0.4) is 0 Å². The van der Waals surface area contributed by atoms with E-state index < -0.39 is 0 Å². The van der Waals surface area contributed by atoms with Crippen molar-refractivity contribution in [1.82, 2.24) is 15.1 Å². The predicted octanol–water partition coefficient (Wildman–Crippen LogP) is 1.41. The maximum absolute atomic E-state index is 12.2. The highest BCUT2D eigenvalue weighted by molar-refractivity contribution is 5.81. The van der Waals surface area contributed by atoms with Crippen LogP contribution in [-0.4, -0.2) is 67.2 Å². The second kappa shape index (κ2) is 6.71. The Kier molecular flexibility index (Phi) is 4.56. The summed E-state index contributed by atoms with van der Waals surface area (Å²) >= 11 is 0. The number of likely N-dealkylation sites (N-methyl/N-ethyl adjacent to an activating group) is 1. The van der Waals surface area contributed by atoms with Gasteiger partial charge in [-0.15, -0.1) is 0 Å². The fourth-order valence-corrected chi connectivity index (χ4v) is 4.14. The van der Waals surface area contributed by atoms with Gasteiger partial charge in [0.15, 0.2) is 0 Å². The molecule has 1 N–H and O–H groups in total. The Morgan fingerprint density at radius 2 is 1.96 bits per heavy atom. The zero-order chi connectivity index (χ0) is 17.4. The van der Waals surface area contributed by atoms with E-state index >= 15 is 0 Å². The molecule has 25 heavy (non-hydrogen) atoms. The van der Waals surface area contributed by atoms with E-state index in [0.717, 1.165) is 38.6 Å². The van der Waals surface area contributed by atoms with Gasteiger partial charge in [0.2, 0.25) is 5.91 Å². The summed E-state index contributed by atoms with van der Waals surface area (Å²) in [5.74, 6) is 0.873. The highest BCUT2D eigenvalue weighted by Crippen LogP contribution is 2.36. The van der Waals surface area contributed by atoms with Gasteiger partial charge < -0.3 is 10.1 Å². The molecule has 5 nitrogen and oxygen atoms in total. The lowest BCUT2D eigenvalue weighted by Gasteiger charge is -2.55. The Morgan fingerprint density at radius 3 is 2.60 bits per heavy atom. The third kappa shape index (κ3) is 3.73. The van der Waals surface area contributed by atoms with Crippen molar-refractivity contribution in [2.75, 3.05) is 39.8 Å². The van der Waals surface area contributed by atoms with Gasteiger partial charge in [0.25, 0.3) is 0 Å². The number of nitrogens with zero attached hydrogens (tertiary/aromatic N) is 2. The number of ether oxygens (including phenoxy) is 1. The number of likely N-dealkylation sites (tertiary alicyclic amines) is 1. The van der Waals surface area contributed by atoms with Crippen LogP contribution in [-0.2, 0) is 16.1 Å². The summed E-state index contributed by atoms with van der Waals surface area (Å²) in [5.41, 5.74) is 2.58. The van der Waals surface area contributed by atoms with Crippen molar-refractivity contribution in [3.63, 3.8) is 0 Å². The fraction of sp³-hybridized carbons (Fsp3) is 0.650. The van der Waals surface area contributed by atoms with Gasteiger partial charge in [0, 0.05) is 39.8 Å². The standard InChI is InChI=1S/C20H29N3O2/c1-15-3-5-16(6-4-15)9-22-12-20(13-22)14-23(10-17-7-8-17)18(11-25-20)19(24)21-2/h3-6,17-18H,7-14H2,1-2H3,(H,21,24). The Labute approximate surface area is 150 Å². The van der Waals surface area contributed by atoms with E-state index in [1.807, 2.05) is 0 Å². The minimum atomic E-state index is -0.123. The number of carbonyl (C=O) groups is 1. The molecule has 1 aliphatic carbocycles. The highest BCUT2D eigenvalue weighted by atomic mass is 16.5. The molecule has 1 atom stereocenters. The van der Waals surface area contributed by atoms with E-state index in [2.05, 4.69) is 46.3 Å². The summed E-state index contributed by atoms with van der Waals surface area (Å²) in [4.78, 5) is 17.0. The summed E-state index contributed by atoms with van der Waals surface area (Å²) in [6, 6.07) is 8.65. The van der Waals surface area contributed by atoms with Crippen LogP contribution >= 0.6 is 0 Å². The summed E-state index contributed by atoms with van der Waals surface area (Å²) in [5, 5.41) is 2.80. The molecule has 0 bridgehead atoms. The topological polar surface area (TPSA) is 44.8 Å². The van der Waals surface area contributed by atoms with E-state index in [-0.39, 0.29) is 17.6 Å². The number of carbonyl (C=O) groups excluding carboxylic acids is 1. The van der Waals surface area contributed by atoms with Crippen molar-refractivity contribution >= 4 is 5.91 Å². The van der Waals surface area contributed by atoms with Crippen LogP contribution in [0.2, 0.25) is 0 Å². The Morgan fingerprint density at radius 1 is 1.24 bits per heavy atom. The van der Waals surface area contributed by atoms with Crippen LogP contribution in [0.1, 0.15) is 24.0 Å². The SMILES string of the molecule is CNC(=O)C1COC2(CN(Cc3ccc(C)cc3)C2)CN1CC1CC1. The Hall–Kier alpha value is -1.43. The number of benzene rings is 1. The third-order valence-electron chi connectivity index (χ3n) is 5.77. The number of morpholine rings is 1. The van der Waals surface area contributed by atoms with Crippen molar-refractivity contribution < 1.29 is 9.53 Å². The lowest BCUT2D eigenvalue weighted by molar-refractivity contribution is -0.203. The first-order valence-electron chi connectivity index (χ1n) is 9.44. The average molecular weight is 343 g/mol. The lowest BCUT2D eigenvalue weighted by atomic mass is 9.89. The summed E-state index contributed by atoms with van der Waals surface area (Å²) in [6.45, 7) is 7.46. The number of hydrogen-bond acceptors (Lipinski definition) is 4. The van der Waals surface area contributed by atoms with Crippen molar-refractivity contribution in [2.24, 2.45) is 5.92 Å². The van der Waals surface area contributed by atoms with Gasteiger partial charge >= 0.3 is 0 Å². The largest absolute Gasteiger partial charge is 0.369 e. The number of nitrogens with one attached hydrogen (secondary N) is 1. The minimum absolute atomic E-state index is 0.0793. The Balaban J connectivity index is 1.35. The molecule has 2 saturated heterocycles. The minimum Gasteiger partial charge on any atom is -0.369 e. The number of amides is 1. The zero-order valence-electron chi connectivity index (χ0n) is 15.3. The molecule has 3 fully saturated rings. The number of hydrogen-bond donors (Lipinski definition) is 1. The first-order chi connectivity index (χ1) is 12.1. The van der Waals surface area contributed by atoms with E-state index in [0.29, 0.717) is 6.61 Å². The molecule has 0 aromatic heterocycles. The van der Waals surface area contributed by atoms with Gasteiger partial charge in [-0.1, -0.05) is 29.8 Å². The molecule has 1 unspecified atom stereocenters. The van der Waals surface area contributed by atoms with Gasteiger partial charge in [-0.05, 0) is 31.2 Å². The van der Waals surface area contributed by atoms with Crippen LogP contribution < -0.4 is 5.32 Å². The fourth-order valence-electron chi connectivity index (χ4n) is 4.14. The molecule has 2 aliphatic heterocycles. The average Bonchev–Trinajstić information content (AvgIpc) is 3.39. The first kappa shape index (κ1) is 17.0. The van der Waals surface area contributed by atoms with Crippen LogP contribution in [0.5, 0.6) is 0 Å². The summed E-state index contributed by atoms with van der Waals surface area (Å²) in [7, 11) is 1.72. The van der Waals surface area contributed by atoms with Crippen LogP contribution in [0.25, 0.3) is 0 Å². The van der Waals surface area contributed by atoms with Gasteiger partial charge in [0.1, 0.15) is 11.6 Å². The maximum Gasteiger partial charge on any atom is 0.239 e. The molecule has 1 aromatic rings. The molecular formula is C20H29N3O2. The van der Waals surface area contributed by atoms with E-state index in [1.54, 1.807) is 7.05 Å². The molecule has 1 saturated carbocycles. The molecule has 1 amide bonds. The molecule has 5 heteroatoms.